The van der Waals surface area contributed by atoms with Crippen LogP contribution in [-0.2, 0) is 9.59 Å². The number of hydrogen-bond acceptors (Lipinski definition) is 3. The molecule has 1 heterocycles. The Labute approximate surface area is 105 Å². The van der Waals surface area contributed by atoms with Gasteiger partial charge in [-0.25, -0.2) is 0 Å². The van der Waals surface area contributed by atoms with Crippen molar-refractivity contribution in [2.24, 2.45) is 5.92 Å². The minimum Gasteiger partial charge on any atom is -0.481 e. The zero-order valence-corrected chi connectivity index (χ0v) is 10.3. The summed E-state index contributed by atoms with van der Waals surface area (Å²) in [6.45, 7) is 2.05. The lowest BCUT2D eigenvalue weighted by Crippen LogP contribution is -2.31. The highest BCUT2D eigenvalue weighted by molar-refractivity contribution is 5.91. The van der Waals surface area contributed by atoms with Crippen LogP contribution in [0.5, 0.6) is 0 Å². The highest BCUT2D eigenvalue weighted by Crippen LogP contribution is 2.05. The highest BCUT2D eigenvalue weighted by Gasteiger charge is 2.16. The van der Waals surface area contributed by atoms with Gasteiger partial charge in [-0.1, -0.05) is 13.3 Å². The molecule has 1 aromatic rings. The van der Waals surface area contributed by atoms with Crippen molar-refractivity contribution in [3.8, 4) is 0 Å². The Balaban J connectivity index is 2.38. The third-order valence-electron chi connectivity index (χ3n) is 2.45. The Morgan fingerprint density at radius 3 is 2.89 bits per heavy atom. The van der Waals surface area contributed by atoms with Crippen LogP contribution < -0.4 is 5.32 Å². The van der Waals surface area contributed by atoms with Gasteiger partial charge in [0.05, 0.1) is 12.2 Å². The number of furan rings is 1. The van der Waals surface area contributed by atoms with Crippen molar-refractivity contribution < 1.29 is 19.1 Å². The van der Waals surface area contributed by atoms with Gasteiger partial charge in [0.25, 0.3) is 0 Å². The van der Waals surface area contributed by atoms with Gasteiger partial charge in [0.1, 0.15) is 5.76 Å². The lowest BCUT2D eigenvalue weighted by Gasteiger charge is -2.10. The molecule has 1 amide bonds. The molecular weight excluding hydrogens is 234 g/mol. The van der Waals surface area contributed by atoms with Gasteiger partial charge in [-0.05, 0) is 24.6 Å². The predicted molar refractivity (Wildman–Crippen MR) is 66.8 cm³/mol. The average Bonchev–Trinajstić information content (AvgIpc) is 2.84. The molecule has 0 fully saturated rings. The van der Waals surface area contributed by atoms with Crippen LogP contribution in [0.2, 0.25) is 0 Å². The van der Waals surface area contributed by atoms with E-state index in [0.717, 1.165) is 6.42 Å². The molecule has 1 unspecified atom stereocenters. The number of nitrogens with one attached hydrogen (secondary N) is 1. The molecule has 0 aliphatic carbocycles. The van der Waals surface area contributed by atoms with Crippen LogP contribution in [0.4, 0.5) is 0 Å². The molecule has 0 saturated carbocycles. The number of carbonyl (C=O) groups excluding carboxylic acids is 1. The van der Waals surface area contributed by atoms with E-state index in [9.17, 15) is 9.59 Å². The fourth-order valence-corrected chi connectivity index (χ4v) is 1.49. The molecule has 18 heavy (non-hydrogen) atoms. The van der Waals surface area contributed by atoms with E-state index in [2.05, 4.69) is 5.32 Å². The Kier molecular flexibility index (Phi) is 5.70. The van der Waals surface area contributed by atoms with E-state index in [1.165, 1.54) is 18.4 Å². The van der Waals surface area contributed by atoms with Crippen molar-refractivity contribution >= 4 is 18.0 Å². The van der Waals surface area contributed by atoms with Crippen molar-refractivity contribution in [3.63, 3.8) is 0 Å². The Bertz CT molecular complexity index is 409. The monoisotopic (exact) mass is 251 g/mol. The summed E-state index contributed by atoms with van der Waals surface area (Å²) in [5.74, 6) is -1.16. The minimum absolute atomic E-state index is 0.143. The van der Waals surface area contributed by atoms with Gasteiger partial charge in [-0.3, -0.25) is 9.59 Å². The number of carboxylic acid groups (broad SMARTS) is 1. The van der Waals surface area contributed by atoms with Crippen molar-refractivity contribution in [2.75, 3.05) is 6.54 Å². The fraction of sp³-hybridized carbons (Fsp3) is 0.385. The summed E-state index contributed by atoms with van der Waals surface area (Å²) in [6, 6.07) is 3.44. The van der Waals surface area contributed by atoms with Crippen LogP contribution in [0.1, 0.15) is 25.5 Å². The Morgan fingerprint density at radius 1 is 1.56 bits per heavy atom. The van der Waals surface area contributed by atoms with Crippen LogP contribution in [0, 0.1) is 5.92 Å². The summed E-state index contributed by atoms with van der Waals surface area (Å²) in [4.78, 5) is 22.3. The van der Waals surface area contributed by atoms with Gasteiger partial charge in [-0.15, -0.1) is 0 Å². The largest absolute Gasteiger partial charge is 0.481 e. The second kappa shape index (κ2) is 7.32. The first-order chi connectivity index (χ1) is 8.63. The summed E-state index contributed by atoms with van der Waals surface area (Å²) in [5, 5.41) is 11.5. The Hall–Kier alpha value is -2.04. The quantitative estimate of drug-likeness (QED) is 0.725. The first-order valence-electron chi connectivity index (χ1n) is 5.85. The summed E-state index contributed by atoms with van der Waals surface area (Å²) in [7, 11) is 0. The first-order valence-corrected chi connectivity index (χ1v) is 5.85. The lowest BCUT2D eigenvalue weighted by atomic mass is 10.0. The van der Waals surface area contributed by atoms with Gasteiger partial charge in [0.2, 0.25) is 5.91 Å². The molecule has 1 aromatic heterocycles. The van der Waals surface area contributed by atoms with Crippen molar-refractivity contribution in [1.29, 1.82) is 0 Å². The fourth-order valence-electron chi connectivity index (χ4n) is 1.49. The lowest BCUT2D eigenvalue weighted by molar-refractivity contribution is -0.141. The maximum absolute atomic E-state index is 11.4. The van der Waals surface area contributed by atoms with E-state index in [0.29, 0.717) is 12.2 Å². The Morgan fingerprint density at radius 2 is 2.33 bits per heavy atom. The van der Waals surface area contributed by atoms with Gasteiger partial charge in [-0.2, -0.15) is 0 Å². The molecule has 98 valence electrons. The molecular formula is C13H17NO4. The normalized spacial score (nSPS) is 12.5. The van der Waals surface area contributed by atoms with Gasteiger partial charge < -0.3 is 14.8 Å². The molecule has 0 aromatic carbocycles. The molecule has 5 heteroatoms. The third-order valence-corrected chi connectivity index (χ3v) is 2.45. The minimum atomic E-state index is -0.882. The summed E-state index contributed by atoms with van der Waals surface area (Å²) in [6.07, 6.45) is 5.69. The second-order valence-electron chi connectivity index (χ2n) is 3.92. The number of hydrogen-bond donors (Lipinski definition) is 2. The molecule has 5 nitrogen and oxygen atoms in total. The first kappa shape index (κ1) is 14.0. The summed E-state index contributed by atoms with van der Waals surface area (Å²) >= 11 is 0. The van der Waals surface area contributed by atoms with Crippen molar-refractivity contribution in [3.05, 3.63) is 30.2 Å². The smallest absolute Gasteiger partial charge is 0.308 e. The van der Waals surface area contributed by atoms with Crippen molar-refractivity contribution in [2.45, 2.75) is 19.8 Å². The zero-order valence-electron chi connectivity index (χ0n) is 10.3. The molecule has 0 aliphatic heterocycles. The molecule has 1 rings (SSSR count). The van der Waals surface area contributed by atoms with E-state index < -0.39 is 11.9 Å². The van der Waals surface area contributed by atoms with Crippen molar-refractivity contribution in [1.82, 2.24) is 5.32 Å². The molecule has 0 bridgehead atoms. The predicted octanol–water partition coefficient (Wildman–Crippen LogP) is 1.91. The van der Waals surface area contributed by atoms with E-state index in [4.69, 9.17) is 9.52 Å². The second-order valence-corrected chi connectivity index (χ2v) is 3.92. The van der Waals surface area contributed by atoms with Gasteiger partial charge in [0.15, 0.2) is 0 Å². The number of carboxylic acids is 1. The standard InChI is InChI=1S/C13H17NO4/c1-2-4-10(13(16)17)9-14-12(15)7-6-11-5-3-8-18-11/h3,5-8,10H,2,4,9H2,1H3,(H,14,15)(H,16,17). The van der Waals surface area contributed by atoms with Crippen LogP contribution in [0.3, 0.4) is 0 Å². The van der Waals surface area contributed by atoms with Gasteiger partial charge in [0, 0.05) is 12.6 Å². The molecule has 0 spiro atoms. The van der Waals surface area contributed by atoms with Crippen LogP contribution >= 0.6 is 0 Å². The number of carbonyl (C=O) groups is 2. The summed E-state index contributed by atoms with van der Waals surface area (Å²) < 4.78 is 5.03. The van der Waals surface area contributed by atoms with E-state index in [1.807, 2.05) is 6.92 Å². The highest BCUT2D eigenvalue weighted by atomic mass is 16.4. The summed E-state index contributed by atoms with van der Waals surface area (Å²) in [5.41, 5.74) is 0. The van der Waals surface area contributed by atoms with Crippen LogP contribution in [0.25, 0.3) is 6.08 Å². The van der Waals surface area contributed by atoms with Crippen LogP contribution in [0.15, 0.2) is 28.9 Å². The van der Waals surface area contributed by atoms with E-state index >= 15 is 0 Å². The van der Waals surface area contributed by atoms with Gasteiger partial charge >= 0.3 is 5.97 Å². The molecule has 1 atom stereocenters. The zero-order chi connectivity index (χ0) is 13.4. The number of amides is 1. The number of aliphatic carboxylic acids is 1. The molecule has 0 aliphatic rings. The molecule has 2 N–H and O–H groups in total. The maximum atomic E-state index is 11.4. The SMILES string of the molecule is CCCC(CNC(=O)C=Cc1ccco1)C(=O)O. The molecule has 0 radical (unpaired) electrons. The average molecular weight is 251 g/mol. The number of rotatable bonds is 7. The maximum Gasteiger partial charge on any atom is 0.308 e. The third kappa shape index (κ3) is 4.86. The van der Waals surface area contributed by atoms with Crippen LogP contribution in [-0.4, -0.2) is 23.5 Å². The molecule has 0 saturated heterocycles. The topological polar surface area (TPSA) is 79.5 Å². The van der Waals surface area contributed by atoms with E-state index in [-0.39, 0.29) is 12.5 Å². The van der Waals surface area contributed by atoms with E-state index in [1.54, 1.807) is 12.1 Å².